The normalized spacial score (nSPS) is 11.5. The highest BCUT2D eigenvalue weighted by Gasteiger charge is 2.23. The van der Waals surface area contributed by atoms with Crippen LogP contribution in [0.15, 0.2) is 30.3 Å². The first-order valence-corrected chi connectivity index (χ1v) is 8.75. The number of nitrogens with one attached hydrogen (secondary N) is 3. The molecule has 0 heterocycles. The average Bonchev–Trinajstić information content (AvgIpc) is 2.63. The van der Waals surface area contributed by atoms with Gasteiger partial charge in [0.1, 0.15) is 6.04 Å². The number of amides is 1. The SMILES string of the molecule is COC(=O)[C@H](CCCNC(=N)N)NC(=O)CN(CC(=O)O)Cc1ccccc1. The van der Waals surface area contributed by atoms with E-state index in [0.717, 1.165) is 5.56 Å². The van der Waals surface area contributed by atoms with Gasteiger partial charge in [-0.25, -0.2) is 4.79 Å². The molecule has 6 N–H and O–H groups in total. The van der Waals surface area contributed by atoms with E-state index in [1.807, 2.05) is 30.3 Å². The smallest absolute Gasteiger partial charge is 0.328 e. The zero-order valence-corrected chi connectivity index (χ0v) is 15.8. The average molecular weight is 393 g/mol. The number of rotatable bonds is 12. The molecular weight excluding hydrogens is 366 g/mol. The largest absolute Gasteiger partial charge is 0.480 e. The summed E-state index contributed by atoms with van der Waals surface area (Å²) in [6.45, 7) is 0.165. The maximum atomic E-state index is 12.4. The molecule has 1 atom stereocenters. The minimum atomic E-state index is -1.05. The van der Waals surface area contributed by atoms with E-state index in [1.54, 1.807) is 0 Å². The first kappa shape index (κ1) is 22.9. The van der Waals surface area contributed by atoms with Crippen molar-refractivity contribution in [3.05, 3.63) is 35.9 Å². The van der Waals surface area contributed by atoms with Gasteiger partial charge in [0.25, 0.3) is 0 Å². The first-order chi connectivity index (χ1) is 13.3. The number of carboxylic acids is 1. The molecule has 10 nitrogen and oxygen atoms in total. The fourth-order valence-corrected chi connectivity index (χ4v) is 2.56. The summed E-state index contributed by atoms with van der Waals surface area (Å²) in [4.78, 5) is 36.8. The van der Waals surface area contributed by atoms with Crippen molar-refractivity contribution in [1.29, 1.82) is 5.41 Å². The number of ether oxygens (including phenoxy) is 1. The molecule has 0 spiro atoms. The van der Waals surface area contributed by atoms with E-state index in [1.165, 1.54) is 12.0 Å². The van der Waals surface area contributed by atoms with Crippen molar-refractivity contribution < 1.29 is 24.2 Å². The summed E-state index contributed by atoms with van der Waals surface area (Å²) in [7, 11) is 1.22. The second-order valence-electron chi connectivity index (χ2n) is 6.15. The van der Waals surface area contributed by atoms with Crippen molar-refractivity contribution in [3.8, 4) is 0 Å². The lowest BCUT2D eigenvalue weighted by Gasteiger charge is -2.22. The fourth-order valence-electron chi connectivity index (χ4n) is 2.56. The second kappa shape index (κ2) is 12.3. The molecule has 1 aromatic carbocycles. The zero-order chi connectivity index (χ0) is 20.9. The van der Waals surface area contributed by atoms with E-state index < -0.39 is 23.9 Å². The van der Waals surface area contributed by atoms with E-state index >= 15 is 0 Å². The Bertz CT molecular complexity index is 668. The number of nitrogens with two attached hydrogens (primary N) is 1. The Hall–Kier alpha value is -3.14. The Morgan fingerprint density at radius 1 is 1.25 bits per heavy atom. The lowest BCUT2D eigenvalue weighted by Crippen LogP contribution is -2.47. The van der Waals surface area contributed by atoms with Gasteiger partial charge >= 0.3 is 11.9 Å². The Kier molecular flexibility index (Phi) is 10.0. The minimum absolute atomic E-state index is 0.177. The molecule has 0 fully saturated rings. The number of aliphatic carboxylic acids is 1. The van der Waals surface area contributed by atoms with Gasteiger partial charge in [-0.15, -0.1) is 0 Å². The number of hydrogen-bond donors (Lipinski definition) is 5. The van der Waals surface area contributed by atoms with Crippen molar-refractivity contribution in [2.45, 2.75) is 25.4 Å². The van der Waals surface area contributed by atoms with Gasteiger partial charge in [-0.3, -0.25) is 19.9 Å². The third kappa shape index (κ3) is 9.53. The minimum Gasteiger partial charge on any atom is -0.480 e. The molecule has 0 aliphatic heterocycles. The van der Waals surface area contributed by atoms with Gasteiger partial charge in [-0.1, -0.05) is 30.3 Å². The van der Waals surface area contributed by atoms with Crippen LogP contribution in [0.4, 0.5) is 0 Å². The molecule has 1 rings (SSSR count). The monoisotopic (exact) mass is 393 g/mol. The first-order valence-electron chi connectivity index (χ1n) is 8.75. The summed E-state index contributed by atoms with van der Waals surface area (Å²) in [5, 5.41) is 21.4. The van der Waals surface area contributed by atoms with Crippen LogP contribution in [0.25, 0.3) is 0 Å². The number of carbonyl (C=O) groups is 3. The fraction of sp³-hybridized carbons (Fsp3) is 0.444. The number of guanidine groups is 1. The Morgan fingerprint density at radius 2 is 1.93 bits per heavy atom. The van der Waals surface area contributed by atoms with Gasteiger partial charge in [0.05, 0.1) is 20.2 Å². The topological polar surface area (TPSA) is 158 Å². The number of carboxylic acid groups (broad SMARTS) is 1. The molecule has 0 aromatic heterocycles. The van der Waals surface area contributed by atoms with Crippen molar-refractivity contribution in [3.63, 3.8) is 0 Å². The molecule has 0 unspecified atom stereocenters. The van der Waals surface area contributed by atoms with Crippen LogP contribution in [-0.2, 0) is 25.7 Å². The summed E-state index contributed by atoms with van der Waals surface area (Å²) in [5.74, 6) is -2.30. The Labute approximate surface area is 163 Å². The maximum absolute atomic E-state index is 12.4. The highest BCUT2D eigenvalue weighted by molar-refractivity contribution is 5.85. The quantitative estimate of drug-likeness (QED) is 0.138. The number of hydrogen-bond acceptors (Lipinski definition) is 6. The number of benzene rings is 1. The van der Waals surface area contributed by atoms with E-state index in [2.05, 4.69) is 10.6 Å². The van der Waals surface area contributed by atoms with Gasteiger partial charge in [0, 0.05) is 13.1 Å². The van der Waals surface area contributed by atoms with Gasteiger partial charge in [0.15, 0.2) is 5.96 Å². The molecule has 1 aromatic rings. The molecule has 0 aliphatic carbocycles. The molecule has 0 radical (unpaired) electrons. The maximum Gasteiger partial charge on any atom is 0.328 e. The second-order valence-corrected chi connectivity index (χ2v) is 6.15. The lowest BCUT2D eigenvalue weighted by atomic mass is 10.1. The number of nitrogens with zero attached hydrogens (tertiary/aromatic N) is 1. The number of methoxy groups -OCH3 is 1. The van der Waals surface area contributed by atoms with Crippen molar-refractivity contribution in [2.24, 2.45) is 5.73 Å². The molecule has 28 heavy (non-hydrogen) atoms. The standard InChI is InChI=1S/C18H27N5O5/c1-28-17(27)14(8-5-9-21-18(19)20)22-15(24)11-23(12-16(25)26)10-13-6-3-2-4-7-13/h2-4,6-7,14H,5,8-12H2,1H3,(H,22,24)(H,25,26)(H4,19,20,21)/t14-/m0/s1. The molecule has 10 heteroatoms. The molecular formula is C18H27N5O5. The summed E-state index contributed by atoms with van der Waals surface area (Å²) < 4.78 is 4.71. The van der Waals surface area contributed by atoms with Crippen molar-refractivity contribution >= 4 is 23.8 Å². The van der Waals surface area contributed by atoms with Crippen LogP contribution in [0, 0.1) is 5.41 Å². The third-order valence-corrected chi connectivity index (χ3v) is 3.78. The molecule has 154 valence electrons. The summed E-state index contributed by atoms with van der Waals surface area (Å²) in [6.07, 6.45) is 0.763. The summed E-state index contributed by atoms with van der Waals surface area (Å²) >= 11 is 0. The van der Waals surface area contributed by atoms with Crippen LogP contribution >= 0.6 is 0 Å². The Balaban J connectivity index is 2.65. The number of esters is 1. The van der Waals surface area contributed by atoms with Gasteiger partial charge < -0.3 is 26.2 Å². The summed E-state index contributed by atoms with van der Waals surface area (Å²) in [6, 6.07) is 8.32. The molecule has 1 amide bonds. The van der Waals surface area contributed by atoms with Crippen LogP contribution in [-0.4, -0.2) is 66.6 Å². The number of carbonyl (C=O) groups excluding carboxylic acids is 2. The van der Waals surface area contributed by atoms with Crippen LogP contribution in [0.3, 0.4) is 0 Å². The Morgan fingerprint density at radius 3 is 2.50 bits per heavy atom. The molecule has 0 bridgehead atoms. The van der Waals surface area contributed by atoms with Gasteiger partial charge in [0.2, 0.25) is 5.91 Å². The van der Waals surface area contributed by atoms with Crippen LogP contribution in [0.1, 0.15) is 18.4 Å². The van der Waals surface area contributed by atoms with E-state index in [9.17, 15) is 14.4 Å². The van der Waals surface area contributed by atoms with Gasteiger partial charge in [-0.2, -0.15) is 0 Å². The third-order valence-electron chi connectivity index (χ3n) is 3.78. The van der Waals surface area contributed by atoms with E-state index in [-0.39, 0.29) is 32.0 Å². The summed E-state index contributed by atoms with van der Waals surface area (Å²) in [5.41, 5.74) is 6.06. The van der Waals surface area contributed by atoms with E-state index in [0.29, 0.717) is 13.0 Å². The van der Waals surface area contributed by atoms with Crippen LogP contribution in [0.2, 0.25) is 0 Å². The van der Waals surface area contributed by atoms with Crippen LogP contribution < -0.4 is 16.4 Å². The highest BCUT2D eigenvalue weighted by Crippen LogP contribution is 2.05. The van der Waals surface area contributed by atoms with E-state index in [4.69, 9.17) is 21.0 Å². The predicted molar refractivity (Wildman–Crippen MR) is 102 cm³/mol. The zero-order valence-electron chi connectivity index (χ0n) is 15.8. The lowest BCUT2D eigenvalue weighted by molar-refractivity contribution is -0.146. The highest BCUT2D eigenvalue weighted by atomic mass is 16.5. The van der Waals surface area contributed by atoms with Crippen molar-refractivity contribution in [1.82, 2.24) is 15.5 Å². The molecule has 0 saturated heterocycles. The molecule has 0 saturated carbocycles. The molecule has 0 aliphatic rings. The predicted octanol–water partition coefficient (Wildman–Crippen LogP) is -0.506. The van der Waals surface area contributed by atoms with Crippen LogP contribution in [0.5, 0.6) is 0 Å². The van der Waals surface area contributed by atoms with Crippen molar-refractivity contribution in [2.75, 3.05) is 26.7 Å². The van der Waals surface area contributed by atoms with Gasteiger partial charge in [-0.05, 0) is 18.4 Å².